The van der Waals surface area contributed by atoms with E-state index in [0.717, 1.165) is 12.5 Å². The van der Waals surface area contributed by atoms with Gasteiger partial charge in [-0.1, -0.05) is 0 Å². The molecule has 1 unspecified atom stereocenters. The molecule has 1 rings (SSSR count). The van der Waals surface area contributed by atoms with Crippen molar-refractivity contribution in [3.05, 3.63) is 18.0 Å². The molecule has 0 amide bonds. The molecule has 1 aromatic heterocycles. The summed E-state index contributed by atoms with van der Waals surface area (Å²) in [6, 6.07) is -0.0958. The Balaban J connectivity index is 3.20. The van der Waals surface area contributed by atoms with Crippen molar-refractivity contribution in [2.45, 2.75) is 11.2 Å². The number of carboxylic acids is 1. The van der Waals surface area contributed by atoms with Crippen molar-refractivity contribution in [2.24, 2.45) is 5.73 Å². The van der Waals surface area contributed by atoms with E-state index in [9.17, 15) is 13.2 Å². The highest BCUT2D eigenvalue weighted by Gasteiger charge is 2.19. The summed E-state index contributed by atoms with van der Waals surface area (Å²) in [5.74, 6) is -1.28. The molecule has 0 aliphatic carbocycles. The third kappa shape index (κ3) is 2.70. The Kier molecular flexibility index (Phi) is 3.01. The summed E-state index contributed by atoms with van der Waals surface area (Å²) in [5.41, 5.74) is 5.22. The number of aromatic nitrogens is 2. The highest BCUT2D eigenvalue weighted by atomic mass is 32.2. The number of hydrogen-bond donors (Lipinski definition) is 2. The van der Waals surface area contributed by atoms with Gasteiger partial charge in [-0.2, -0.15) is 0 Å². The molecule has 82 valence electrons. The molecule has 15 heavy (non-hydrogen) atoms. The van der Waals surface area contributed by atoms with Gasteiger partial charge in [-0.05, 0) is 6.07 Å². The second-order valence-electron chi connectivity index (χ2n) is 2.85. The number of carboxylic acid groups (broad SMARTS) is 1. The van der Waals surface area contributed by atoms with Crippen molar-refractivity contribution < 1.29 is 18.3 Å². The molecular formula is C7H9N3O4S. The SMILES string of the molecule is CS(=O)(=O)c1nccc(C(N)C(=O)O)n1. The standard InChI is InChI=1S/C7H9N3O4S/c1-15(13,14)7-9-3-2-4(10-7)5(8)6(11)12/h2-3,5H,8H2,1H3,(H,11,12). The Morgan fingerprint density at radius 1 is 1.60 bits per heavy atom. The molecular weight excluding hydrogens is 222 g/mol. The zero-order chi connectivity index (χ0) is 11.6. The van der Waals surface area contributed by atoms with Crippen LogP contribution in [0.15, 0.2) is 17.4 Å². The minimum atomic E-state index is -3.56. The summed E-state index contributed by atoms with van der Waals surface area (Å²) < 4.78 is 22.1. The number of sulfone groups is 1. The third-order valence-electron chi connectivity index (χ3n) is 1.57. The maximum absolute atomic E-state index is 11.1. The van der Waals surface area contributed by atoms with Gasteiger partial charge in [0.2, 0.25) is 15.0 Å². The van der Waals surface area contributed by atoms with Crippen LogP contribution >= 0.6 is 0 Å². The Morgan fingerprint density at radius 3 is 2.67 bits per heavy atom. The first-order chi connectivity index (χ1) is 6.82. The van der Waals surface area contributed by atoms with Gasteiger partial charge in [0.15, 0.2) is 0 Å². The quantitative estimate of drug-likeness (QED) is 0.637. The van der Waals surface area contributed by atoms with Crippen LogP contribution in [0.5, 0.6) is 0 Å². The number of rotatable bonds is 3. The smallest absolute Gasteiger partial charge is 0.326 e. The zero-order valence-electron chi connectivity index (χ0n) is 7.78. The number of hydrogen-bond acceptors (Lipinski definition) is 6. The van der Waals surface area contributed by atoms with Crippen LogP contribution in [0.3, 0.4) is 0 Å². The lowest BCUT2D eigenvalue weighted by Crippen LogP contribution is -2.22. The van der Waals surface area contributed by atoms with E-state index in [1.54, 1.807) is 0 Å². The monoisotopic (exact) mass is 231 g/mol. The van der Waals surface area contributed by atoms with Gasteiger partial charge in [-0.3, -0.25) is 4.79 Å². The summed E-state index contributed by atoms with van der Waals surface area (Å²) in [6.07, 6.45) is 2.08. The fraction of sp³-hybridized carbons (Fsp3) is 0.286. The fourth-order valence-corrected chi connectivity index (χ4v) is 1.36. The van der Waals surface area contributed by atoms with E-state index in [-0.39, 0.29) is 5.69 Å². The number of carbonyl (C=O) groups is 1. The first-order valence-electron chi connectivity index (χ1n) is 3.84. The van der Waals surface area contributed by atoms with E-state index in [1.807, 2.05) is 0 Å². The number of nitrogens with two attached hydrogens (primary N) is 1. The maximum Gasteiger partial charge on any atom is 0.326 e. The lowest BCUT2D eigenvalue weighted by molar-refractivity contribution is -0.138. The van der Waals surface area contributed by atoms with Gasteiger partial charge in [0.05, 0.1) is 5.69 Å². The minimum absolute atomic E-state index is 0.0436. The molecule has 0 aliphatic rings. The number of nitrogens with zero attached hydrogens (tertiary/aromatic N) is 2. The molecule has 0 saturated carbocycles. The molecule has 0 aliphatic heterocycles. The van der Waals surface area contributed by atoms with Crippen LogP contribution in [0.1, 0.15) is 11.7 Å². The van der Waals surface area contributed by atoms with Crippen LogP contribution in [0.25, 0.3) is 0 Å². The van der Waals surface area contributed by atoms with Crippen molar-refractivity contribution in [3.63, 3.8) is 0 Å². The normalized spacial score (nSPS) is 13.5. The average Bonchev–Trinajstić information content (AvgIpc) is 2.15. The molecule has 0 spiro atoms. The molecule has 1 atom stereocenters. The van der Waals surface area contributed by atoms with Gasteiger partial charge < -0.3 is 10.8 Å². The van der Waals surface area contributed by atoms with Crippen LogP contribution < -0.4 is 5.73 Å². The average molecular weight is 231 g/mol. The van der Waals surface area contributed by atoms with E-state index >= 15 is 0 Å². The summed E-state index contributed by atoms with van der Waals surface area (Å²) in [4.78, 5) is 17.6. The molecule has 0 saturated heterocycles. The van der Waals surface area contributed by atoms with Crippen LogP contribution in [0.2, 0.25) is 0 Å². The predicted octanol–water partition coefficient (Wildman–Crippen LogP) is -1.04. The topological polar surface area (TPSA) is 123 Å². The fourth-order valence-electron chi connectivity index (χ4n) is 0.832. The molecule has 0 aromatic carbocycles. The highest BCUT2D eigenvalue weighted by molar-refractivity contribution is 7.90. The second-order valence-corrected chi connectivity index (χ2v) is 4.76. The van der Waals surface area contributed by atoms with Gasteiger partial charge in [-0.25, -0.2) is 18.4 Å². The highest BCUT2D eigenvalue weighted by Crippen LogP contribution is 2.09. The van der Waals surface area contributed by atoms with Crippen molar-refractivity contribution in [1.82, 2.24) is 9.97 Å². The lowest BCUT2D eigenvalue weighted by Gasteiger charge is -2.05. The third-order valence-corrected chi connectivity index (χ3v) is 2.43. The van der Waals surface area contributed by atoms with Crippen molar-refractivity contribution in [3.8, 4) is 0 Å². The van der Waals surface area contributed by atoms with Crippen LogP contribution in [-0.2, 0) is 14.6 Å². The molecule has 1 aromatic rings. The molecule has 7 nitrogen and oxygen atoms in total. The van der Waals surface area contributed by atoms with Crippen molar-refractivity contribution in [2.75, 3.05) is 6.26 Å². The predicted molar refractivity (Wildman–Crippen MR) is 49.7 cm³/mol. The van der Waals surface area contributed by atoms with E-state index in [4.69, 9.17) is 10.8 Å². The summed E-state index contributed by atoms with van der Waals surface area (Å²) in [6.45, 7) is 0. The van der Waals surface area contributed by atoms with E-state index in [1.165, 1.54) is 6.07 Å². The largest absolute Gasteiger partial charge is 0.480 e. The molecule has 8 heteroatoms. The Hall–Kier alpha value is -1.54. The zero-order valence-corrected chi connectivity index (χ0v) is 8.60. The molecule has 1 heterocycles. The van der Waals surface area contributed by atoms with E-state index in [2.05, 4.69) is 9.97 Å². The summed E-state index contributed by atoms with van der Waals surface area (Å²) >= 11 is 0. The summed E-state index contributed by atoms with van der Waals surface area (Å²) in [5, 5.41) is 8.16. The van der Waals surface area contributed by atoms with Gasteiger partial charge in [0.25, 0.3) is 0 Å². The second kappa shape index (κ2) is 3.91. The van der Waals surface area contributed by atoms with Gasteiger partial charge in [0.1, 0.15) is 6.04 Å². The van der Waals surface area contributed by atoms with Crippen LogP contribution in [0, 0.1) is 0 Å². The molecule has 0 radical (unpaired) electrons. The Bertz CT molecular complexity index is 485. The van der Waals surface area contributed by atoms with Gasteiger partial charge >= 0.3 is 5.97 Å². The summed E-state index contributed by atoms with van der Waals surface area (Å²) in [7, 11) is -3.56. The van der Waals surface area contributed by atoms with Crippen molar-refractivity contribution >= 4 is 15.8 Å². The molecule has 3 N–H and O–H groups in total. The molecule has 0 bridgehead atoms. The Labute approximate surface area is 85.9 Å². The minimum Gasteiger partial charge on any atom is -0.480 e. The maximum atomic E-state index is 11.1. The number of aliphatic carboxylic acids is 1. The molecule has 0 fully saturated rings. The van der Waals surface area contributed by atoms with E-state index < -0.39 is 27.0 Å². The van der Waals surface area contributed by atoms with Crippen LogP contribution in [-0.4, -0.2) is 35.7 Å². The van der Waals surface area contributed by atoms with Gasteiger partial charge in [0, 0.05) is 12.5 Å². The van der Waals surface area contributed by atoms with E-state index in [0.29, 0.717) is 0 Å². The van der Waals surface area contributed by atoms with Crippen molar-refractivity contribution in [1.29, 1.82) is 0 Å². The first-order valence-corrected chi connectivity index (χ1v) is 5.73. The first kappa shape index (κ1) is 11.5. The lowest BCUT2D eigenvalue weighted by atomic mass is 10.2. The van der Waals surface area contributed by atoms with Gasteiger partial charge in [-0.15, -0.1) is 0 Å². The Morgan fingerprint density at radius 2 is 2.20 bits per heavy atom. The van der Waals surface area contributed by atoms with Crippen LogP contribution in [0.4, 0.5) is 0 Å².